The van der Waals surface area contributed by atoms with Gasteiger partial charge in [-0.2, -0.15) is 0 Å². The standard InChI is InChI=1S/C7H7NO3.C7H8O/c1-5-4-6(8(10)11)2-3-7(5)9;1-6-4-2-3-5-7(6)8/h2,4H,3H2,1H3;2-4H,5H2,1H3. The number of carbonyl (C=O) groups excluding carboxylic acids is 2. The third-order valence-corrected chi connectivity index (χ3v) is 2.74. The minimum atomic E-state index is -0.490. The minimum Gasteiger partial charge on any atom is -0.294 e. The Bertz CT molecular complexity index is 536. The lowest BCUT2D eigenvalue weighted by Crippen LogP contribution is -2.07. The van der Waals surface area contributed by atoms with Crippen LogP contribution in [0.25, 0.3) is 0 Å². The molecule has 0 aromatic rings. The van der Waals surface area contributed by atoms with Crippen LogP contribution in [-0.4, -0.2) is 16.5 Å². The quantitative estimate of drug-likeness (QED) is 0.536. The van der Waals surface area contributed by atoms with E-state index in [4.69, 9.17) is 0 Å². The fourth-order valence-electron chi connectivity index (χ4n) is 1.49. The van der Waals surface area contributed by atoms with E-state index in [0.29, 0.717) is 12.0 Å². The molecule has 0 fully saturated rings. The molecule has 2 rings (SSSR count). The van der Waals surface area contributed by atoms with Crippen LogP contribution < -0.4 is 0 Å². The van der Waals surface area contributed by atoms with Crippen LogP contribution in [-0.2, 0) is 9.59 Å². The smallest absolute Gasteiger partial charge is 0.266 e. The van der Waals surface area contributed by atoms with E-state index in [1.54, 1.807) is 6.92 Å². The van der Waals surface area contributed by atoms with Gasteiger partial charge in [0.15, 0.2) is 11.6 Å². The third-order valence-electron chi connectivity index (χ3n) is 2.74. The number of hydrogen-bond acceptors (Lipinski definition) is 4. The van der Waals surface area contributed by atoms with E-state index in [1.165, 1.54) is 12.2 Å². The van der Waals surface area contributed by atoms with Crippen LogP contribution in [0.1, 0.15) is 26.7 Å². The summed E-state index contributed by atoms with van der Waals surface area (Å²) < 4.78 is 0. The molecule has 0 unspecified atom stereocenters. The molecule has 0 radical (unpaired) electrons. The lowest BCUT2D eigenvalue weighted by atomic mass is 10.0. The summed E-state index contributed by atoms with van der Waals surface area (Å²) in [6, 6.07) is 0. The lowest BCUT2D eigenvalue weighted by Gasteiger charge is -2.01. The number of Topliss-reactive ketones (excluding diaryl/α,β-unsaturated/α-hetero) is 2. The van der Waals surface area contributed by atoms with Crippen molar-refractivity contribution < 1.29 is 14.5 Å². The van der Waals surface area contributed by atoms with E-state index in [1.807, 2.05) is 25.2 Å². The Labute approximate surface area is 111 Å². The molecule has 0 saturated heterocycles. The Kier molecular flexibility index (Phi) is 5.11. The summed E-state index contributed by atoms with van der Waals surface area (Å²) in [4.78, 5) is 31.2. The molecule has 19 heavy (non-hydrogen) atoms. The number of nitrogens with zero attached hydrogens (tertiary/aromatic N) is 1. The largest absolute Gasteiger partial charge is 0.294 e. The molecule has 0 amide bonds. The molecule has 2 aliphatic rings. The molecule has 0 atom stereocenters. The molecule has 0 heterocycles. The van der Waals surface area contributed by atoms with E-state index in [2.05, 4.69) is 0 Å². The molecular formula is C14H15NO4. The summed E-state index contributed by atoms with van der Waals surface area (Å²) in [6.07, 6.45) is 8.99. The number of carbonyl (C=O) groups is 2. The van der Waals surface area contributed by atoms with Gasteiger partial charge in [-0.25, -0.2) is 0 Å². The van der Waals surface area contributed by atoms with Crippen molar-refractivity contribution in [3.8, 4) is 0 Å². The number of allylic oxidation sites excluding steroid dienone is 7. The van der Waals surface area contributed by atoms with Crippen molar-refractivity contribution in [3.05, 3.63) is 57.3 Å². The zero-order chi connectivity index (χ0) is 14.4. The van der Waals surface area contributed by atoms with Gasteiger partial charge in [-0.05, 0) is 25.0 Å². The first-order chi connectivity index (χ1) is 8.91. The molecule has 5 heteroatoms. The van der Waals surface area contributed by atoms with Crippen LogP contribution in [0.3, 0.4) is 0 Å². The molecule has 0 spiro atoms. The van der Waals surface area contributed by atoms with Crippen LogP contribution in [0.4, 0.5) is 0 Å². The second-order valence-corrected chi connectivity index (χ2v) is 4.25. The maximum Gasteiger partial charge on any atom is 0.266 e. The zero-order valence-electron chi connectivity index (χ0n) is 10.9. The van der Waals surface area contributed by atoms with Crippen molar-refractivity contribution in [2.24, 2.45) is 0 Å². The summed E-state index contributed by atoms with van der Waals surface area (Å²) in [7, 11) is 0. The van der Waals surface area contributed by atoms with Crippen LogP contribution in [0, 0.1) is 10.1 Å². The molecule has 0 N–H and O–H groups in total. The second kappa shape index (κ2) is 6.58. The normalized spacial score (nSPS) is 17.9. The summed E-state index contributed by atoms with van der Waals surface area (Å²) in [5, 5.41) is 10.2. The highest BCUT2D eigenvalue weighted by molar-refractivity contribution is 5.97. The Morgan fingerprint density at radius 1 is 1.11 bits per heavy atom. The maximum atomic E-state index is 10.8. The van der Waals surface area contributed by atoms with Gasteiger partial charge >= 0.3 is 0 Å². The minimum absolute atomic E-state index is 0.0158. The molecule has 5 nitrogen and oxygen atoms in total. The topological polar surface area (TPSA) is 77.3 Å². The first-order valence-corrected chi connectivity index (χ1v) is 5.84. The van der Waals surface area contributed by atoms with Crippen molar-refractivity contribution in [2.45, 2.75) is 26.7 Å². The van der Waals surface area contributed by atoms with Crippen molar-refractivity contribution in [1.29, 1.82) is 0 Å². The number of nitro groups is 1. The summed E-state index contributed by atoms with van der Waals surface area (Å²) in [6.45, 7) is 3.42. The highest BCUT2D eigenvalue weighted by Gasteiger charge is 2.16. The molecular weight excluding hydrogens is 246 g/mol. The van der Waals surface area contributed by atoms with Crippen LogP contribution >= 0.6 is 0 Å². The fraction of sp³-hybridized carbons (Fsp3) is 0.286. The maximum absolute atomic E-state index is 10.8. The first kappa shape index (κ1) is 14.8. The summed E-state index contributed by atoms with van der Waals surface area (Å²) in [5.74, 6) is 0.197. The Morgan fingerprint density at radius 2 is 1.74 bits per heavy atom. The van der Waals surface area contributed by atoms with Gasteiger partial charge in [-0.3, -0.25) is 19.7 Å². The van der Waals surface area contributed by atoms with Gasteiger partial charge in [-0.15, -0.1) is 0 Å². The van der Waals surface area contributed by atoms with Crippen molar-refractivity contribution in [2.75, 3.05) is 0 Å². The van der Waals surface area contributed by atoms with Gasteiger partial charge in [0.05, 0.1) is 4.92 Å². The number of hydrogen-bond donors (Lipinski definition) is 0. The van der Waals surface area contributed by atoms with Gasteiger partial charge in [0.2, 0.25) is 0 Å². The Balaban J connectivity index is 0.000000200. The highest BCUT2D eigenvalue weighted by atomic mass is 16.6. The van der Waals surface area contributed by atoms with Crippen molar-refractivity contribution in [1.82, 2.24) is 0 Å². The third kappa shape index (κ3) is 4.46. The zero-order valence-corrected chi connectivity index (χ0v) is 10.9. The molecule has 0 aromatic carbocycles. The monoisotopic (exact) mass is 261 g/mol. The average molecular weight is 261 g/mol. The van der Waals surface area contributed by atoms with Gasteiger partial charge in [0.1, 0.15) is 0 Å². The van der Waals surface area contributed by atoms with Crippen LogP contribution in [0.15, 0.2) is 47.2 Å². The number of ketones is 2. The molecule has 0 saturated carbocycles. The van der Waals surface area contributed by atoms with E-state index in [9.17, 15) is 19.7 Å². The van der Waals surface area contributed by atoms with Crippen LogP contribution in [0.2, 0.25) is 0 Å². The van der Waals surface area contributed by atoms with Crippen LogP contribution in [0.5, 0.6) is 0 Å². The first-order valence-electron chi connectivity index (χ1n) is 5.84. The molecule has 2 aliphatic carbocycles. The SMILES string of the molecule is CC1=CC([N+](=O)[O-])=CCC1=O.CC1=CC=CCC1=O. The highest BCUT2D eigenvalue weighted by Crippen LogP contribution is 2.13. The average Bonchev–Trinajstić information content (AvgIpc) is 2.37. The number of rotatable bonds is 1. The fourth-order valence-corrected chi connectivity index (χ4v) is 1.49. The summed E-state index contributed by atoms with van der Waals surface area (Å²) >= 11 is 0. The van der Waals surface area contributed by atoms with E-state index in [0.717, 1.165) is 5.57 Å². The predicted molar refractivity (Wildman–Crippen MR) is 71.0 cm³/mol. The molecule has 0 aliphatic heterocycles. The van der Waals surface area contributed by atoms with E-state index < -0.39 is 4.92 Å². The molecule has 0 bridgehead atoms. The van der Waals surface area contributed by atoms with Gasteiger partial charge in [0.25, 0.3) is 5.70 Å². The Morgan fingerprint density at radius 3 is 2.16 bits per heavy atom. The van der Waals surface area contributed by atoms with Crippen molar-refractivity contribution >= 4 is 11.6 Å². The predicted octanol–water partition coefficient (Wildman–Crippen LogP) is 2.53. The summed E-state index contributed by atoms with van der Waals surface area (Å²) in [5.41, 5.74) is 1.34. The van der Waals surface area contributed by atoms with Crippen molar-refractivity contribution in [3.63, 3.8) is 0 Å². The van der Waals surface area contributed by atoms with Gasteiger partial charge in [0, 0.05) is 25.0 Å². The molecule has 0 aromatic heterocycles. The van der Waals surface area contributed by atoms with E-state index >= 15 is 0 Å². The van der Waals surface area contributed by atoms with Gasteiger partial charge in [-0.1, -0.05) is 18.2 Å². The second-order valence-electron chi connectivity index (χ2n) is 4.25. The Hall–Kier alpha value is -2.30. The lowest BCUT2D eigenvalue weighted by molar-refractivity contribution is -0.419. The van der Waals surface area contributed by atoms with Gasteiger partial charge < -0.3 is 0 Å². The van der Waals surface area contributed by atoms with E-state index in [-0.39, 0.29) is 23.7 Å². The molecule has 100 valence electrons.